The number of primary amides is 1. The molecule has 0 spiro atoms. The van der Waals surface area contributed by atoms with E-state index in [0.29, 0.717) is 6.04 Å². The molecule has 1 saturated carbocycles. The van der Waals surface area contributed by atoms with Gasteiger partial charge in [0.2, 0.25) is 5.91 Å². The number of carbonyl (C=O) groups excluding carboxylic acids is 1. The van der Waals surface area contributed by atoms with Crippen molar-refractivity contribution in [1.82, 2.24) is 10.2 Å². The van der Waals surface area contributed by atoms with Crippen LogP contribution in [0.1, 0.15) is 38.5 Å². The molecule has 0 aromatic carbocycles. The molecule has 92 valence electrons. The lowest BCUT2D eigenvalue weighted by atomic mass is 10.2. The second-order valence-electron chi connectivity index (χ2n) is 5.11. The Bertz CT molecular complexity index is 232. The highest BCUT2D eigenvalue weighted by Crippen LogP contribution is 2.19. The molecule has 0 aromatic heterocycles. The molecule has 2 rings (SSSR count). The number of nitrogens with zero attached hydrogens (tertiary/aromatic N) is 1. The second kappa shape index (κ2) is 5.64. The summed E-state index contributed by atoms with van der Waals surface area (Å²) < 4.78 is 0. The van der Waals surface area contributed by atoms with Crippen LogP contribution in [0.25, 0.3) is 0 Å². The highest BCUT2D eigenvalue weighted by molar-refractivity contribution is 5.80. The summed E-state index contributed by atoms with van der Waals surface area (Å²) in [6.45, 7) is 3.04. The number of nitrogens with two attached hydrogens (primary N) is 1. The van der Waals surface area contributed by atoms with Gasteiger partial charge in [-0.15, -0.1) is 0 Å². The number of rotatable bonds is 5. The fourth-order valence-electron chi connectivity index (χ4n) is 2.34. The Morgan fingerprint density at radius 2 is 1.88 bits per heavy atom. The van der Waals surface area contributed by atoms with Crippen molar-refractivity contribution < 1.29 is 4.79 Å². The summed E-state index contributed by atoms with van der Waals surface area (Å²) in [5, 5.41) is 3.34. The summed E-state index contributed by atoms with van der Waals surface area (Å²) in [4.78, 5) is 13.7. The van der Waals surface area contributed by atoms with Gasteiger partial charge in [-0.3, -0.25) is 4.79 Å². The van der Waals surface area contributed by atoms with Crippen molar-refractivity contribution in [3.05, 3.63) is 0 Å². The van der Waals surface area contributed by atoms with E-state index in [0.717, 1.165) is 19.6 Å². The standard InChI is InChI=1S/C12H23N3O/c13-12(16)11(14-10-5-6-10)9-15-7-3-1-2-4-8-15/h10-11,14H,1-9H2,(H2,13,16). The van der Waals surface area contributed by atoms with Crippen LogP contribution >= 0.6 is 0 Å². The van der Waals surface area contributed by atoms with Crippen LogP contribution in [0, 0.1) is 0 Å². The maximum Gasteiger partial charge on any atom is 0.235 e. The summed E-state index contributed by atoms with van der Waals surface area (Å²) in [6, 6.07) is 0.398. The molecule has 2 fully saturated rings. The molecule has 1 saturated heterocycles. The molecule has 1 atom stereocenters. The van der Waals surface area contributed by atoms with E-state index >= 15 is 0 Å². The highest BCUT2D eigenvalue weighted by atomic mass is 16.1. The minimum atomic E-state index is -0.198. The average Bonchev–Trinajstić information content (AvgIpc) is 3.04. The summed E-state index contributed by atoms with van der Waals surface area (Å²) in [6.07, 6.45) is 7.57. The van der Waals surface area contributed by atoms with Gasteiger partial charge in [-0.1, -0.05) is 12.8 Å². The Morgan fingerprint density at radius 3 is 2.38 bits per heavy atom. The smallest absolute Gasteiger partial charge is 0.235 e. The van der Waals surface area contributed by atoms with Crippen LogP contribution in [-0.2, 0) is 4.79 Å². The van der Waals surface area contributed by atoms with E-state index in [1.807, 2.05) is 0 Å². The topological polar surface area (TPSA) is 58.4 Å². The average molecular weight is 225 g/mol. The quantitative estimate of drug-likeness (QED) is 0.715. The lowest BCUT2D eigenvalue weighted by molar-refractivity contribution is -0.120. The van der Waals surface area contributed by atoms with Crippen LogP contribution in [-0.4, -0.2) is 42.5 Å². The van der Waals surface area contributed by atoms with Gasteiger partial charge >= 0.3 is 0 Å². The first-order valence-corrected chi connectivity index (χ1v) is 6.53. The van der Waals surface area contributed by atoms with E-state index in [1.54, 1.807) is 0 Å². The third-order valence-corrected chi connectivity index (χ3v) is 3.50. The molecule has 3 N–H and O–H groups in total. The predicted octanol–water partition coefficient (Wildman–Crippen LogP) is 0.468. The Morgan fingerprint density at radius 1 is 1.25 bits per heavy atom. The molecule has 0 radical (unpaired) electrons. The van der Waals surface area contributed by atoms with Crippen LogP contribution in [0.2, 0.25) is 0 Å². The SMILES string of the molecule is NC(=O)C(CN1CCCCCC1)NC1CC1. The van der Waals surface area contributed by atoms with Crippen molar-refractivity contribution in [1.29, 1.82) is 0 Å². The van der Waals surface area contributed by atoms with Gasteiger partial charge < -0.3 is 16.0 Å². The maximum atomic E-state index is 11.4. The first kappa shape index (κ1) is 11.9. The Kier molecular flexibility index (Phi) is 4.18. The number of likely N-dealkylation sites (tertiary alicyclic amines) is 1. The lowest BCUT2D eigenvalue weighted by Gasteiger charge is -2.25. The molecule has 1 aliphatic carbocycles. The third kappa shape index (κ3) is 3.76. The first-order chi connectivity index (χ1) is 7.75. The van der Waals surface area contributed by atoms with Gasteiger partial charge in [0.15, 0.2) is 0 Å². The van der Waals surface area contributed by atoms with Crippen LogP contribution in [0.3, 0.4) is 0 Å². The number of amides is 1. The van der Waals surface area contributed by atoms with E-state index in [9.17, 15) is 4.79 Å². The largest absolute Gasteiger partial charge is 0.368 e. The summed E-state index contributed by atoms with van der Waals surface area (Å²) >= 11 is 0. The zero-order valence-electron chi connectivity index (χ0n) is 9.95. The van der Waals surface area contributed by atoms with Gasteiger partial charge in [-0.05, 0) is 38.8 Å². The van der Waals surface area contributed by atoms with Crippen LogP contribution < -0.4 is 11.1 Å². The van der Waals surface area contributed by atoms with Gasteiger partial charge in [0, 0.05) is 12.6 Å². The molecule has 4 nitrogen and oxygen atoms in total. The van der Waals surface area contributed by atoms with E-state index in [1.165, 1.54) is 38.5 Å². The Labute approximate surface area is 97.6 Å². The normalized spacial score (nSPS) is 25.0. The van der Waals surface area contributed by atoms with Gasteiger partial charge in [0.25, 0.3) is 0 Å². The third-order valence-electron chi connectivity index (χ3n) is 3.50. The summed E-state index contributed by atoms with van der Waals surface area (Å²) in [5.41, 5.74) is 5.44. The van der Waals surface area contributed by atoms with Crippen molar-refractivity contribution in [2.24, 2.45) is 5.73 Å². The molecule has 1 unspecified atom stereocenters. The molecule has 1 aliphatic heterocycles. The molecule has 1 amide bonds. The minimum Gasteiger partial charge on any atom is -0.368 e. The molecule has 16 heavy (non-hydrogen) atoms. The number of hydrogen-bond acceptors (Lipinski definition) is 3. The lowest BCUT2D eigenvalue weighted by Crippen LogP contribution is -2.50. The molecule has 2 aliphatic rings. The van der Waals surface area contributed by atoms with E-state index < -0.39 is 0 Å². The minimum absolute atomic E-state index is 0.148. The fraction of sp³-hybridized carbons (Fsp3) is 0.917. The fourth-order valence-corrected chi connectivity index (χ4v) is 2.34. The maximum absolute atomic E-state index is 11.4. The monoisotopic (exact) mass is 225 g/mol. The van der Waals surface area contributed by atoms with Crippen molar-refractivity contribution >= 4 is 5.91 Å². The Hall–Kier alpha value is -0.610. The van der Waals surface area contributed by atoms with E-state index in [4.69, 9.17) is 5.73 Å². The number of hydrogen-bond donors (Lipinski definition) is 2. The molecular weight excluding hydrogens is 202 g/mol. The molecule has 1 heterocycles. The molecule has 0 aromatic rings. The zero-order chi connectivity index (χ0) is 11.4. The van der Waals surface area contributed by atoms with Crippen LogP contribution in [0.4, 0.5) is 0 Å². The van der Waals surface area contributed by atoms with E-state index in [2.05, 4.69) is 10.2 Å². The zero-order valence-corrected chi connectivity index (χ0v) is 9.95. The van der Waals surface area contributed by atoms with Gasteiger partial charge in [-0.2, -0.15) is 0 Å². The predicted molar refractivity (Wildman–Crippen MR) is 64.0 cm³/mol. The highest BCUT2D eigenvalue weighted by Gasteiger charge is 2.28. The van der Waals surface area contributed by atoms with Crippen molar-refractivity contribution in [3.8, 4) is 0 Å². The van der Waals surface area contributed by atoms with E-state index in [-0.39, 0.29) is 11.9 Å². The summed E-state index contributed by atoms with van der Waals surface area (Å²) in [7, 11) is 0. The van der Waals surface area contributed by atoms with Crippen molar-refractivity contribution in [2.75, 3.05) is 19.6 Å². The van der Waals surface area contributed by atoms with Gasteiger partial charge in [-0.25, -0.2) is 0 Å². The summed E-state index contributed by atoms with van der Waals surface area (Å²) in [5.74, 6) is -0.198. The van der Waals surface area contributed by atoms with Crippen molar-refractivity contribution in [3.63, 3.8) is 0 Å². The van der Waals surface area contributed by atoms with Gasteiger partial charge in [0.1, 0.15) is 0 Å². The van der Waals surface area contributed by atoms with Gasteiger partial charge in [0.05, 0.1) is 6.04 Å². The second-order valence-corrected chi connectivity index (χ2v) is 5.11. The molecular formula is C12H23N3O. The number of carbonyl (C=O) groups is 1. The molecule has 0 bridgehead atoms. The number of nitrogens with one attached hydrogen (secondary N) is 1. The molecule has 4 heteroatoms. The van der Waals surface area contributed by atoms with Crippen LogP contribution in [0.5, 0.6) is 0 Å². The Balaban J connectivity index is 1.80. The van der Waals surface area contributed by atoms with Crippen LogP contribution in [0.15, 0.2) is 0 Å². The first-order valence-electron chi connectivity index (χ1n) is 6.53. The van der Waals surface area contributed by atoms with Crippen molar-refractivity contribution in [2.45, 2.75) is 50.6 Å².